The topological polar surface area (TPSA) is 80.9 Å². The number of halogens is 1. The minimum Gasteiger partial charge on any atom is -0.397 e. The van der Waals surface area contributed by atoms with Gasteiger partial charge in [0.1, 0.15) is 16.4 Å². The van der Waals surface area contributed by atoms with Gasteiger partial charge in [-0.3, -0.25) is 4.79 Å². The summed E-state index contributed by atoms with van der Waals surface area (Å²) >= 11 is 1.17. The van der Waals surface area contributed by atoms with Crippen molar-refractivity contribution in [2.24, 2.45) is 0 Å². The van der Waals surface area contributed by atoms with Gasteiger partial charge in [-0.15, -0.1) is 16.4 Å². The minimum atomic E-state index is -0.603. The van der Waals surface area contributed by atoms with Crippen LogP contribution in [-0.4, -0.2) is 29.3 Å². The average molecular weight is 268 g/mol. The van der Waals surface area contributed by atoms with Crippen molar-refractivity contribution >= 4 is 33.1 Å². The summed E-state index contributed by atoms with van der Waals surface area (Å²) in [6, 6.07) is 0. The Morgan fingerprint density at radius 2 is 2.17 bits per heavy atom. The number of nitrogen functional groups attached to an aromatic ring is 1. The summed E-state index contributed by atoms with van der Waals surface area (Å²) in [5, 5.41) is 11.2. The number of rotatable bonds is 3. The van der Waals surface area contributed by atoms with E-state index in [1.165, 1.54) is 11.3 Å². The Hall–Kier alpha value is -1.76. The first-order chi connectivity index (χ1) is 8.56. The molecule has 0 fully saturated rings. The SMILES string of the molecule is Cc1nnc2sc(C(=O)NCCF)c(N)c2c1C. The number of nitrogens with zero attached hydrogens (tertiary/aromatic N) is 2. The molecule has 96 valence electrons. The molecule has 3 N–H and O–H groups in total. The average Bonchev–Trinajstić information content (AvgIpc) is 2.69. The summed E-state index contributed by atoms with van der Waals surface area (Å²) in [6.45, 7) is 3.10. The number of aryl methyl sites for hydroxylation is 2. The molecule has 1 amide bonds. The molecule has 0 aliphatic rings. The van der Waals surface area contributed by atoms with Crippen molar-refractivity contribution in [2.45, 2.75) is 13.8 Å². The molecule has 7 heteroatoms. The number of carbonyl (C=O) groups is 1. The van der Waals surface area contributed by atoms with Crippen molar-refractivity contribution in [3.05, 3.63) is 16.1 Å². The lowest BCUT2D eigenvalue weighted by Crippen LogP contribution is -2.25. The fourth-order valence-corrected chi connectivity index (χ4v) is 2.67. The number of fused-ring (bicyclic) bond motifs is 1. The number of aromatic nitrogens is 2. The Bertz CT molecular complexity index is 611. The summed E-state index contributed by atoms with van der Waals surface area (Å²) in [4.78, 5) is 12.8. The van der Waals surface area contributed by atoms with Gasteiger partial charge in [-0.1, -0.05) is 0 Å². The molecule has 0 aliphatic carbocycles. The first-order valence-electron chi connectivity index (χ1n) is 5.42. The highest BCUT2D eigenvalue weighted by Gasteiger charge is 2.19. The van der Waals surface area contributed by atoms with Crippen LogP contribution in [0.25, 0.3) is 10.2 Å². The van der Waals surface area contributed by atoms with Crippen molar-refractivity contribution < 1.29 is 9.18 Å². The Morgan fingerprint density at radius 3 is 2.83 bits per heavy atom. The molecule has 0 spiro atoms. The largest absolute Gasteiger partial charge is 0.397 e. The van der Waals surface area contributed by atoms with Gasteiger partial charge < -0.3 is 11.1 Å². The van der Waals surface area contributed by atoms with E-state index in [-0.39, 0.29) is 12.5 Å². The van der Waals surface area contributed by atoms with E-state index in [1.807, 2.05) is 13.8 Å². The van der Waals surface area contributed by atoms with E-state index in [0.29, 0.717) is 15.4 Å². The lowest BCUT2D eigenvalue weighted by Gasteiger charge is -2.02. The molecule has 0 bridgehead atoms. The van der Waals surface area contributed by atoms with Gasteiger partial charge in [0.05, 0.1) is 11.4 Å². The molecule has 2 rings (SSSR count). The second-order valence-corrected chi connectivity index (χ2v) is 4.88. The summed E-state index contributed by atoms with van der Waals surface area (Å²) in [6.07, 6.45) is 0. The number of carbonyl (C=O) groups excluding carboxylic acids is 1. The Balaban J connectivity index is 2.51. The molecule has 0 saturated heterocycles. The molecule has 0 atom stereocenters. The van der Waals surface area contributed by atoms with Gasteiger partial charge in [-0.2, -0.15) is 5.10 Å². The number of anilines is 1. The fourth-order valence-electron chi connectivity index (χ4n) is 1.65. The van der Waals surface area contributed by atoms with Gasteiger partial charge in [0.15, 0.2) is 0 Å². The number of thiophene rings is 1. The van der Waals surface area contributed by atoms with Crippen LogP contribution in [0.4, 0.5) is 10.1 Å². The maximum Gasteiger partial charge on any atom is 0.263 e. The van der Waals surface area contributed by atoms with E-state index in [9.17, 15) is 9.18 Å². The standard InChI is InChI=1S/C11H13FN4OS/c1-5-6(2)15-16-11-7(5)8(13)9(18-11)10(17)14-4-3-12/h3-4,13H2,1-2H3,(H,14,17). The van der Waals surface area contributed by atoms with Crippen molar-refractivity contribution in [1.82, 2.24) is 15.5 Å². The highest BCUT2D eigenvalue weighted by atomic mass is 32.1. The van der Waals surface area contributed by atoms with Crippen LogP contribution in [-0.2, 0) is 0 Å². The third kappa shape index (κ3) is 2.01. The summed E-state index contributed by atoms with van der Waals surface area (Å²) in [5.74, 6) is -0.370. The number of amides is 1. The van der Waals surface area contributed by atoms with Crippen LogP contribution in [0.1, 0.15) is 20.9 Å². The Morgan fingerprint density at radius 1 is 1.44 bits per heavy atom. The van der Waals surface area contributed by atoms with Gasteiger partial charge in [-0.05, 0) is 19.4 Å². The molecule has 0 aliphatic heterocycles. The normalized spacial score (nSPS) is 10.8. The monoisotopic (exact) mass is 268 g/mol. The van der Waals surface area contributed by atoms with Gasteiger partial charge in [0.2, 0.25) is 0 Å². The molecule has 0 saturated carbocycles. The predicted octanol–water partition coefficient (Wildman–Crippen LogP) is 1.59. The van der Waals surface area contributed by atoms with Crippen LogP contribution < -0.4 is 11.1 Å². The molecule has 0 aromatic carbocycles. The highest BCUT2D eigenvalue weighted by Crippen LogP contribution is 2.34. The van der Waals surface area contributed by atoms with Crippen LogP contribution in [0.5, 0.6) is 0 Å². The number of hydrogen-bond donors (Lipinski definition) is 2. The zero-order valence-corrected chi connectivity index (χ0v) is 10.9. The Kier molecular flexibility index (Phi) is 3.42. The summed E-state index contributed by atoms with van der Waals surface area (Å²) in [5.41, 5.74) is 8.06. The van der Waals surface area contributed by atoms with Gasteiger partial charge in [-0.25, -0.2) is 4.39 Å². The van der Waals surface area contributed by atoms with Crippen molar-refractivity contribution in [3.8, 4) is 0 Å². The van der Waals surface area contributed by atoms with Crippen LogP contribution >= 0.6 is 11.3 Å². The smallest absolute Gasteiger partial charge is 0.263 e. The molecule has 5 nitrogen and oxygen atoms in total. The van der Waals surface area contributed by atoms with Crippen LogP contribution in [0, 0.1) is 13.8 Å². The zero-order valence-electron chi connectivity index (χ0n) is 10.1. The van der Waals surface area contributed by atoms with E-state index < -0.39 is 6.67 Å². The van der Waals surface area contributed by atoms with Gasteiger partial charge >= 0.3 is 0 Å². The van der Waals surface area contributed by atoms with Crippen LogP contribution in [0.3, 0.4) is 0 Å². The molecular formula is C11H13FN4OS. The second-order valence-electron chi connectivity index (χ2n) is 3.88. The van der Waals surface area contributed by atoms with Crippen molar-refractivity contribution in [3.63, 3.8) is 0 Å². The molecule has 18 heavy (non-hydrogen) atoms. The maximum atomic E-state index is 12.0. The van der Waals surface area contributed by atoms with Crippen LogP contribution in [0.2, 0.25) is 0 Å². The number of alkyl halides is 1. The number of nitrogens with one attached hydrogen (secondary N) is 1. The molecule has 0 unspecified atom stereocenters. The van der Waals surface area contributed by atoms with Crippen LogP contribution in [0.15, 0.2) is 0 Å². The molecule has 2 aromatic rings. The second kappa shape index (κ2) is 4.85. The maximum absolute atomic E-state index is 12.0. The summed E-state index contributed by atoms with van der Waals surface area (Å²) in [7, 11) is 0. The first-order valence-corrected chi connectivity index (χ1v) is 6.24. The minimum absolute atomic E-state index is 0.0177. The predicted molar refractivity (Wildman–Crippen MR) is 69.6 cm³/mol. The van der Waals surface area contributed by atoms with E-state index in [2.05, 4.69) is 15.5 Å². The highest BCUT2D eigenvalue weighted by molar-refractivity contribution is 7.21. The number of hydrogen-bond acceptors (Lipinski definition) is 5. The fraction of sp³-hybridized carbons (Fsp3) is 0.364. The van der Waals surface area contributed by atoms with Crippen molar-refractivity contribution in [2.75, 3.05) is 19.0 Å². The quantitative estimate of drug-likeness (QED) is 0.885. The number of nitrogens with two attached hydrogens (primary N) is 1. The van der Waals surface area contributed by atoms with Gasteiger partial charge in [0, 0.05) is 11.9 Å². The molecule has 0 radical (unpaired) electrons. The summed E-state index contributed by atoms with van der Waals surface area (Å²) < 4.78 is 12.0. The Labute approximate surface area is 107 Å². The molecule has 2 heterocycles. The van der Waals surface area contributed by atoms with Gasteiger partial charge in [0.25, 0.3) is 5.91 Å². The van der Waals surface area contributed by atoms with E-state index in [4.69, 9.17) is 5.73 Å². The van der Waals surface area contributed by atoms with E-state index in [0.717, 1.165) is 16.6 Å². The van der Waals surface area contributed by atoms with E-state index in [1.54, 1.807) is 0 Å². The third-order valence-corrected chi connectivity index (χ3v) is 3.81. The van der Waals surface area contributed by atoms with E-state index >= 15 is 0 Å². The lowest BCUT2D eigenvalue weighted by molar-refractivity contribution is 0.0955. The molecular weight excluding hydrogens is 255 g/mol. The molecule has 2 aromatic heterocycles. The van der Waals surface area contributed by atoms with Crippen molar-refractivity contribution in [1.29, 1.82) is 0 Å². The third-order valence-electron chi connectivity index (χ3n) is 2.72. The lowest BCUT2D eigenvalue weighted by atomic mass is 10.1. The first kappa shape index (κ1) is 12.7. The zero-order chi connectivity index (χ0) is 13.3.